The Labute approximate surface area is 207 Å². The van der Waals surface area contributed by atoms with Crippen LogP contribution in [0.3, 0.4) is 0 Å². The standard InChI is InChI=1S/C23H25F3N6.HI/c1-27-21(28-14-20-31-30-16-32(20)19-9-3-2-4-10-19)29-15-22(11-6-12-22)17-7-5-8-18(13-17)23(24,25)26;/h2-5,7-10,13,16H,6,11-12,14-15H2,1H3,(H2,27,28,29);1H. The van der Waals surface area contributed by atoms with Gasteiger partial charge in [0.25, 0.3) is 0 Å². The predicted octanol–water partition coefficient (Wildman–Crippen LogP) is 4.69. The Morgan fingerprint density at radius 1 is 1.09 bits per heavy atom. The van der Waals surface area contributed by atoms with Crippen LogP contribution in [0.1, 0.15) is 36.2 Å². The number of benzene rings is 2. The first-order chi connectivity index (χ1) is 15.4. The molecule has 0 aliphatic heterocycles. The quantitative estimate of drug-likeness (QED) is 0.257. The Balaban J connectivity index is 0.00000306. The van der Waals surface area contributed by atoms with Gasteiger partial charge in [0.15, 0.2) is 11.8 Å². The maximum Gasteiger partial charge on any atom is 0.416 e. The molecule has 10 heteroatoms. The zero-order chi connectivity index (χ0) is 22.6. The van der Waals surface area contributed by atoms with Gasteiger partial charge in [-0.05, 0) is 36.6 Å². The molecule has 0 amide bonds. The van der Waals surface area contributed by atoms with E-state index in [2.05, 4.69) is 25.8 Å². The number of aromatic nitrogens is 3. The van der Waals surface area contributed by atoms with E-state index < -0.39 is 11.7 Å². The van der Waals surface area contributed by atoms with Crippen LogP contribution in [0.4, 0.5) is 13.2 Å². The van der Waals surface area contributed by atoms with Gasteiger partial charge in [-0.2, -0.15) is 13.2 Å². The van der Waals surface area contributed by atoms with Gasteiger partial charge in [-0.3, -0.25) is 9.56 Å². The van der Waals surface area contributed by atoms with Gasteiger partial charge in [0, 0.05) is 24.7 Å². The molecular weight excluding hydrogens is 544 g/mol. The zero-order valence-corrected chi connectivity index (χ0v) is 20.5. The van der Waals surface area contributed by atoms with E-state index in [4.69, 9.17) is 0 Å². The van der Waals surface area contributed by atoms with Gasteiger partial charge in [0.2, 0.25) is 0 Å². The zero-order valence-electron chi connectivity index (χ0n) is 18.1. The molecule has 0 spiro atoms. The lowest BCUT2D eigenvalue weighted by Crippen LogP contribution is -2.48. The van der Waals surface area contributed by atoms with Gasteiger partial charge in [-0.15, -0.1) is 34.2 Å². The van der Waals surface area contributed by atoms with E-state index in [0.717, 1.165) is 36.8 Å². The number of halogens is 4. The van der Waals surface area contributed by atoms with Crippen molar-refractivity contribution < 1.29 is 13.2 Å². The summed E-state index contributed by atoms with van der Waals surface area (Å²) in [7, 11) is 1.66. The first-order valence-corrected chi connectivity index (χ1v) is 10.5. The Kier molecular flexibility index (Phi) is 7.98. The second-order valence-electron chi connectivity index (χ2n) is 7.94. The molecule has 1 saturated carbocycles. The highest BCUT2D eigenvalue weighted by atomic mass is 127. The Morgan fingerprint density at radius 3 is 2.48 bits per heavy atom. The predicted molar refractivity (Wildman–Crippen MR) is 132 cm³/mol. The van der Waals surface area contributed by atoms with Crippen molar-refractivity contribution in [3.05, 3.63) is 77.9 Å². The van der Waals surface area contributed by atoms with Crippen molar-refractivity contribution in [3.63, 3.8) is 0 Å². The fourth-order valence-corrected chi connectivity index (χ4v) is 4.02. The number of rotatable bonds is 6. The van der Waals surface area contributed by atoms with Gasteiger partial charge in [0.05, 0.1) is 12.1 Å². The molecule has 6 nitrogen and oxygen atoms in total. The molecular formula is C23H26F3IN6. The molecule has 0 unspecified atom stereocenters. The number of hydrogen-bond donors (Lipinski definition) is 2. The minimum absolute atomic E-state index is 0. The number of para-hydroxylation sites is 1. The van der Waals surface area contributed by atoms with E-state index in [1.807, 2.05) is 34.9 Å². The summed E-state index contributed by atoms with van der Waals surface area (Å²) < 4.78 is 41.4. The lowest BCUT2D eigenvalue weighted by Gasteiger charge is -2.43. The Hall–Kier alpha value is -2.63. The molecule has 1 fully saturated rings. The summed E-state index contributed by atoms with van der Waals surface area (Å²) in [6, 6.07) is 15.4. The topological polar surface area (TPSA) is 67.1 Å². The lowest BCUT2D eigenvalue weighted by molar-refractivity contribution is -0.137. The van der Waals surface area contributed by atoms with Crippen LogP contribution >= 0.6 is 24.0 Å². The number of alkyl halides is 3. The van der Waals surface area contributed by atoms with Crippen molar-refractivity contribution >= 4 is 29.9 Å². The molecule has 2 N–H and O–H groups in total. The normalized spacial score (nSPS) is 15.3. The second-order valence-corrected chi connectivity index (χ2v) is 7.94. The molecule has 4 rings (SSSR count). The number of guanidine groups is 1. The van der Waals surface area contributed by atoms with Gasteiger partial charge in [-0.25, -0.2) is 0 Å². The lowest BCUT2D eigenvalue weighted by atomic mass is 9.64. The average Bonchev–Trinajstić information content (AvgIpc) is 3.24. The first-order valence-electron chi connectivity index (χ1n) is 10.5. The minimum atomic E-state index is -4.35. The van der Waals surface area contributed by atoms with E-state index in [1.54, 1.807) is 19.4 Å². The van der Waals surface area contributed by atoms with Gasteiger partial charge >= 0.3 is 6.18 Å². The molecule has 1 aliphatic carbocycles. The van der Waals surface area contributed by atoms with Crippen LogP contribution in [0, 0.1) is 0 Å². The largest absolute Gasteiger partial charge is 0.416 e. The summed E-state index contributed by atoms with van der Waals surface area (Å²) in [5.74, 6) is 1.28. The molecule has 1 heterocycles. The van der Waals surface area contributed by atoms with Crippen LogP contribution in [0.25, 0.3) is 5.69 Å². The van der Waals surface area contributed by atoms with Crippen LogP contribution in [0.5, 0.6) is 0 Å². The summed E-state index contributed by atoms with van der Waals surface area (Å²) in [6.07, 6.45) is -0.0361. The molecule has 0 saturated heterocycles. The number of aliphatic imine (C=N–C) groups is 1. The van der Waals surface area contributed by atoms with Gasteiger partial charge in [0.1, 0.15) is 6.33 Å². The van der Waals surface area contributed by atoms with E-state index in [-0.39, 0.29) is 29.4 Å². The van der Waals surface area contributed by atoms with E-state index in [9.17, 15) is 13.2 Å². The SMILES string of the molecule is CN=C(NCc1nncn1-c1ccccc1)NCC1(c2cccc(C(F)(F)F)c2)CCC1.I. The van der Waals surface area contributed by atoms with Crippen LogP contribution in [0.2, 0.25) is 0 Å². The number of nitrogens with zero attached hydrogens (tertiary/aromatic N) is 4. The minimum Gasteiger partial charge on any atom is -0.356 e. The van der Waals surface area contributed by atoms with Crippen LogP contribution in [-0.2, 0) is 18.1 Å². The average molecular weight is 570 g/mol. The highest BCUT2D eigenvalue weighted by Crippen LogP contribution is 2.44. The maximum atomic E-state index is 13.2. The van der Waals surface area contributed by atoms with Crippen molar-refractivity contribution in [2.75, 3.05) is 13.6 Å². The highest BCUT2D eigenvalue weighted by Gasteiger charge is 2.40. The molecule has 0 radical (unpaired) electrons. The van der Waals surface area contributed by atoms with Crippen molar-refractivity contribution in [2.24, 2.45) is 4.99 Å². The van der Waals surface area contributed by atoms with E-state index in [1.165, 1.54) is 12.1 Å². The molecule has 2 aromatic carbocycles. The van der Waals surface area contributed by atoms with Crippen molar-refractivity contribution in [2.45, 2.75) is 37.4 Å². The number of nitrogens with one attached hydrogen (secondary N) is 2. The highest BCUT2D eigenvalue weighted by molar-refractivity contribution is 14.0. The summed E-state index contributed by atoms with van der Waals surface area (Å²) in [4.78, 5) is 4.26. The third-order valence-corrected chi connectivity index (χ3v) is 6.00. The molecule has 3 aromatic rings. The Morgan fingerprint density at radius 2 is 1.85 bits per heavy atom. The molecule has 0 atom stereocenters. The van der Waals surface area contributed by atoms with Crippen molar-refractivity contribution in [1.82, 2.24) is 25.4 Å². The third-order valence-electron chi connectivity index (χ3n) is 6.00. The Bertz CT molecular complexity index is 1080. The fourth-order valence-electron chi connectivity index (χ4n) is 4.02. The summed E-state index contributed by atoms with van der Waals surface area (Å²) in [6.45, 7) is 0.893. The monoisotopic (exact) mass is 570 g/mol. The fraction of sp³-hybridized carbons (Fsp3) is 0.348. The van der Waals surface area contributed by atoms with Crippen molar-refractivity contribution in [1.29, 1.82) is 0 Å². The third kappa shape index (κ3) is 5.66. The maximum absolute atomic E-state index is 13.2. The second kappa shape index (κ2) is 10.5. The van der Waals surface area contributed by atoms with Gasteiger partial charge < -0.3 is 10.6 Å². The van der Waals surface area contributed by atoms with Crippen LogP contribution in [0.15, 0.2) is 65.9 Å². The number of hydrogen-bond acceptors (Lipinski definition) is 3. The summed E-state index contributed by atoms with van der Waals surface area (Å²) in [5.41, 5.74) is 0.729. The molecule has 176 valence electrons. The van der Waals surface area contributed by atoms with Crippen molar-refractivity contribution in [3.8, 4) is 5.69 Å². The molecule has 33 heavy (non-hydrogen) atoms. The summed E-state index contributed by atoms with van der Waals surface area (Å²) in [5, 5.41) is 14.7. The van der Waals surface area contributed by atoms with E-state index >= 15 is 0 Å². The van der Waals surface area contributed by atoms with Crippen LogP contribution < -0.4 is 10.6 Å². The smallest absolute Gasteiger partial charge is 0.356 e. The first kappa shape index (κ1) is 25.0. The van der Waals surface area contributed by atoms with Crippen LogP contribution in [-0.4, -0.2) is 34.3 Å². The molecule has 1 aliphatic rings. The van der Waals surface area contributed by atoms with Gasteiger partial charge in [-0.1, -0.05) is 42.8 Å². The molecule has 1 aromatic heterocycles. The summed E-state index contributed by atoms with van der Waals surface area (Å²) >= 11 is 0. The molecule has 0 bridgehead atoms. The van der Waals surface area contributed by atoms with E-state index in [0.29, 0.717) is 24.6 Å².